The van der Waals surface area contributed by atoms with Crippen LogP contribution in [0.25, 0.3) is 10.9 Å². The van der Waals surface area contributed by atoms with E-state index in [-0.39, 0.29) is 23.0 Å². The van der Waals surface area contributed by atoms with Crippen LogP contribution in [0.1, 0.15) is 35.7 Å². The van der Waals surface area contributed by atoms with Crippen molar-refractivity contribution >= 4 is 22.5 Å². The van der Waals surface area contributed by atoms with Gasteiger partial charge in [0, 0.05) is 30.5 Å². The summed E-state index contributed by atoms with van der Waals surface area (Å²) in [5.74, 6) is -0.626. The van der Waals surface area contributed by atoms with Crippen LogP contribution >= 0.6 is 0 Å². The zero-order valence-corrected chi connectivity index (χ0v) is 13.9. The number of rotatable bonds is 3. The minimum absolute atomic E-state index is 0.00993. The molecule has 3 rings (SSSR count). The van der Waals surface area contributed by atoms with Crippen LogP contribution in [0, 0.1) is 0 Å². The first-order valence-corrected chi connectivity index (χ1v) is 7.79. The van der Waals surface area contributed by atoms with Gasteiger partial charge in [0.15, 0.2) is 0 Å². The van der Waals surface area contributed by atoms with Crippen molar-refractivity contribution in [2.24, 2.45) is 7.05 Å². The number of hydrogen-bond donors (Lipinski definition) is 3. The summed E-state index contributed by atoms with van der Waals surface area (Å²) in [7, 11) is 1.94. The Balaban J connectivity index is 1.93. The van der Waals surface area contributed by atoms with Crippen LogP contribution in [0.3, 0.4) is 0 Å². The van der Waals surface area contributed by atoms with Gasteiger partial charge in [-0.3, -0.25) is 4.79 Å². The van der Waals surface area contributed by atoms with Gasteiger partial charge in [0.2, 0.25) is 0 Å². The molecule has 0 saturated heterocycles. The molecule has 0 fully saturated rings. The maximum absolute atomic E-state index is 12.5. The molecule has 5 nitrogen and oxygen atoms in total. The lowest BCUT2D eigenvalue weighted by Crippen LogP contribution is -2.12. The van der Waals surface area contributed by atoms with Crippen molar-refractivity contribution in [3.63, 3.8) is 0 Å². The Bertz CT molecular complexity index is 926. The number of nitrogens with one attached hydrogen (secondary N) is 1. The molecule has 0 aliphatic carbocycles. The minimum Gasteiger partial charge on any atom is -0.508 e. The Morgan fingerprint density at radius 2 is 1.83 bits per heavy atom. The molecular formula is C19H20N2O3. The molecule has 124 valence electrons. The molecule has 0 radical (unpaired) electrons. The first kappa shape index (κ1) is 15.9. The number of phenols is 2. The van der Waals surface area contributed by atoms with Gasteiger partial charge >= 0.3 is 0 Å². The Morgan fingerprint density at radius 3 is 2.54 bits per heavy atom. The third-order valence-corrected chi connectivity index (χ3v) is 4.16. The first-order chi connectivity index (χ1) is 11.4. The lowest BCUT2D eigenvalue weighted by molar-refractivity contribution is 0.102. The molecule has 0 saturated carbocycles. The van der Waals surface area contributed by atoms with Gasteiger partial charge in [-0.1, -0.05) is 19.9 Å². The van der Waals surface area contributed by atoms with Crippen LogP contribution in [0.4, 0.5) is 5.69 Å². The van der Waals surface area contributed by atoms with Gasteiger partial charge in [0.25, 0.3) is 5.91 Å². The van der Waals surface area contributed by atoms with Crippen molar-refractivity contribution in [3.05, 3.63) is 53.7 Å². The highest BCUT2D eigenvalue weighted by Crippen LogP contribution is 2.32. The van der Waals surface area contributed by atoms with Crippen molar-refractivity contribution in [2.45, 2.75) is 19.8 Å². The third kappa shape index (κ3) is 2.80. The quantitative estimate of drug-likeness (QED) is 0.682. The molecule has 1 amide bonds. The number of fused-ring (bicyclic) bond motifs is 1. The predicted molar refractivity (Wildman–Crippen MR) is 94.7 cm³/mol. The molecule has 24 heavy (non-hydrogen) atoms. The maximum atomic E-state index is 12.5. The Labute approximate surface area is 140 Å². The molecule has 3 aromatic rings. The number of hydrogen-bond acceptors (Lipinski definition) is 3. The number of nitrogens with zero attached hydrogens (tertiary/aromatic N) is 1. The minimum atomic E-state index is -0.414. The number of carbonyl (C=O) groups is 1. The van der Waals surface area contributed by atoms with Gasteiger partial charge in [0.05, 0.1) is 5.56 Å². The summed E-state index contributed by atoms with van der Waals surface area (Å²) in [5.41, 5.74) is 2.41. The van der Waals surface area contributed by atoms with Crippen LogP contribution in [0.15, 0.2) is 42.6 Å². The third-order valence-electron chi connectivity index (χ3n) is 4.16. The van der Waals surface area contributed by atoms with Gasteiger partial charge in [-0.25, -0.2) is 0 Å². The molecule has 0 aliphatic heterocycles. The zero-order valence-electron chi connectivity index (χ0n) is 13.9. The summed E-state index contributed by atoms with van der Waals surface area (Å²) in [6, 6.07) is 10.4. The molecule has 0 atom stereocenters. The largest absolute Gasteiger partial charge is 0.508 e. The average Bonchev–Trinajstić information content (AvgIpc) is 2.88. The van der Waals surface area contributed by atoms with E-state index in [1.54, 1.807) is 0 Å². The van der Waals surface area contributed by atoms with Gasteiger partial charge in [0.1, 0.15) is 11.5 Å². The van der Waals surface area contributed by atoms with Crippen molar-refractivity contribution in [1.29, 1.82) is 0 Å². The molecule has 5 heteroatoms. The number of anilines is 1. The topological polar surface area (TPSA) is 74.5 Å². The van der Waals surface area contributed by atoms with E-state index < -0.39 is 5.91 Å². The maximum Gasteiger partial charge on any atom is 0.259 e. The van der Waals surface area contributed by atoms with Gasteiger partial charge in [-0.05, 0) is 41.1 Å². The van der Waals surface area contributed by atoms with Crippen LogP contribution in [-0.2, 0) is 7.05 Å². The van der Waals surface area contributed by atoms with E-state index in [9.17, 15) is 15.0 Å². The second-order valence-corrected chi connectivity index (χ2v) is 6.24. The SMILES string of the molecule is CC(C)c1cc(C(=O)Nc2ccc3ccn(C)c3c2)c(O)cc1O. The predicted octanol–water partition coefficient (Wildman–Crippen LogP) is 3.97. The molecule has 3 N–H and O–H groups in total. The second-order valence-electron chi connectivity index (χ2n) is 6.24. The van der Waals surface area contributed by atoms with Crippen LogP contribution < -0.4 is 5.32 Å². The number of carbonyl (C=O) groups excluding carboxylic acids is 1. The Kier molecular flexibility index (Phi) is 3.93. The summed E-state index contributed by atoms with van der Waals surface area (Å²) in [5, 5.41) is 23.8. The van der Waals surface area contributed by atoms with E-state index in [0.29, 0.717) is 11.3 Å². The number of aromatic nitrogens is 1. The van der Waals surface area contributed by atoms with E-state index in [1.807, 2.05) is 55.9 Å². The standard InChI is InChI=1S/C19H20N2O3/c1-11(2)14-9-15(18(23)10-17(14)22)19(24)20-13-5-4-12-6-7-21(3)16(12)8-13/h4-11,22-23H,1-3H3,(H,20,24). The monoisotopic (exact) mass is 324 g/mol. The van der Waals surface area contributed by atoms with Crippen LogP contribution in [-0.4, -0.2) is 20.7 Å². The molecule has 0 unspecified atom stereocenters. The van der Waals surface area contributed by atoms with E-state index >= 15 is 0 Å². The van der Waals surface area contributed by atoms with E-state index in [1.165, 1.54) is 12.1 Å². The summed E-state index contributed by atoms with van der Waals surface area (Å²) >= 11 is 0. The summed E-state index contributed by atoms with van der Waals surface area (Å²) in [6.07, 6.45) is 1.96. The zero-order chi connectivity index (χ0) is 17.4. The van der Waals surface area contributed by atoms with Crippen molar-refractivity contribution in [3.8, 4) is 11.5 Å². The fraction of sp³-hybridized carbons (Fsp3) is 0.211. The number of amides is 1. The van der Waals surface area contributed by atoms with Crippen molar-refractivity contribution < 1.29 is 15.0 Å². The van der Waals surface area contributed by atoms with E-state index in [2.05, 4.69) is 5.32 Å². The second kappa shape index (κ2) is 5.92. The molecule has 1 aromatic heterocycles. The summed E-state index contributed by atoms with van der Waals surface area (Å²) in [6.45, 7) is 3.83. The van der Waals surface area contributed by atoms with Gasteiger partial charge < -0.3 is 20.1 Å². The fourth-order valence-corrected chi connectivity index (χ4v) is 2.78. The van der Waals surface area contributed by atoms with Gasteiger partial charge in [-0.15, -0.1) is 0 Å². The first-order valence-electron chi connectivity index (χ1n) is 7.79. The van der Waals surface area contributed by atoms with Crippen LogP contribution in [0.2, 0.25) is 0 Å². The van der Waals surface area contributed by atoms with Crippen molar-refractivity contribution in [1.82, 2.24) is 4.57 Å². The lowest BCUT2D eigenvalue weighted by atomic mass is 9.98. The molecule has 0 bridgehead atoms. The number of aryl methyl sites for hydroxylation is 1. The summed E-state index contributed by atoms with van der Waals surface area (Å²) < 4.78 is 1.97. The fourth-order valence-electron chi connectivity index (χ4n) is 2.78. The van der Waals surface area contributed by atoms with Crippen molar-refractivity contribution in [2.75, 3.05) is 5.32 Å². The normalized spacial score (nSPS) is 11.2. The Hall–Kier alpha value is -2.95. The highest BCUT2D eigenvalue weighted by molar-refractivity contribution is 6.07. The molecule has 0 spiro atoms. The summed E-state index contributed by atoms with van der Waals surface area (Å²) in [4.78, 5) is 12.5. The van der Waals surface area contributed by atoms with Gasteiger partial charge in [-0.2, -0.15) is 0 Å². The Morgan fingerprint density at radius 1 is 1.08 bits per heavy atom. The highest BCUT2D eigenvalue weighted by atomic mass is 16.3. The number of benzene rings is 2. The average molecular weight is 324 g/mol. The van der Waals surface area contributed by atoms with E-state index in [4.69, 9.17) is 0 Å². The molecule has 0 aliphatic rings. The smallest absolute Gasteiger partial charge is 0.259 e. The van der Waals surface area contributed by atoms with E-state index in [0.717, 1.165) is 10.9 Å². The molecule has 1 heterocycles. The number of aromatic hydroxyl groups is 2. The number of phenolic OH excluding ortho intramolecular Hbond substituents is 2. The highest BCUT2D eigenvalue weighted by Gasteiger charge is 2.17. The molecular weight excluding hydrogens is 304 g/mol. The van der Waals surface area contributed by atoms with Crippen LogP contribution in [0.5, 0.6) is 11.5 Å². The molecule has 2 aromatic carbocycles. The lowest BCUT2D eigenvalue weighted by Gasteiger charge is -2.13.